The highest BCUT2D eigenvalue weighted by molar-refractivity contribution is 9.14. The van der Waals surface area contributed by atoms with Gasteiger partial charge in [-0.2, -0.15) is 10.5 Å². The van der Waals surface area contributed by atoms with Crippen molar-refractivity contribution in [1.29, 1.82) is 10.5 Å². The highest BCUT2D eigenvalue weighted by Gasteiger charge is 2.22. The van der Waals surface area contributed by atoms with Gasteiger partial charge in [-0.1, -0.05) is 82.7 Å². The summed E-state index contributed by atoms with van der Waals surface area (Å²) in [6.07, 6.45) is 0. The van der Waals surface area contributed by atoms with Crippen LogP contribution in [0.2, 0.25) is 0 Å². The molecule has 1 aliphatic carbocycles. The first-order valence-corrected chi connectivity index (χ1v) is 15.7. The van der Waals surface area contributed by atoms with Crippen molar-refractivity contribution >= 4 is 58.3 Å². The van der Waals surface area contributed by atoms with Crippen molar-refractivity contribution in [2.45, 2.75) is 13.8 Å². The monoisotopic (exact) mass is 636 g/mol. The van der Waals surface area contributed by atoms with Gasteiger partial charge < -0.3 is 0 Å². The van der Waals surface area contributed by atoms with Crippen molar-refractivity contribution in [3.63, 3.8) is 0 Å². The van der Waals surface area contributed by atoms with Crippen LogP contribution in [-0.2, 0) is 0 Å². The Bertz CT molecular complexity index is 2610. The molecular weight excluding hydrogens is 612 g/mol. The molecule has 7 aromatic rings. The Morgan fingerprint density at radius 2 is 1.02 bits per heavy atom. The molecule has 0 fully saturated rings. The minimum absolute atomic E-state index is 0.648. The van der Waals surface area contributed by atoms with Gasteiger partial charge in [-0.05, 0) is 154 Å². The van der Waals surface area contributed by atoms with E-state index in [1.165, 1.54) is 65.0 Å². The van der Waals surface area contributed by atoms with Crippen LogP contribution in [0.5, 0.6) is 0 Å². The standard InChI is InChI=1S/C42H25BrN2/c1-24-34-18-40-39(21-38(34)33-9-5-8-30(25(2)43)42(24)33)36(29-16-12-27(23-45)13-17-29)20-37-32-7-4-3-6-31(32)35(19-41(37)40)28-14-10-26(22-44)11-15-28/h3-21H,1-2H3. The molecule has 0 saturated carbocycles. The van der Waals surface area contributed by atoms with Crippen LogP contribution < -0.4 is 10.4 Å². The smallest absolute Gasteiger partial charge is 0.0991 e. The van der Waals surface area contributed by atoms with Gasteiger partial charge in [0.25, 0.3) is 0 Å². The molecule has 3 heteroatoms. The second kappa shape index (κ2) is 10.3. The zero-order chi connectivity index (χ0) is 30.8. The summed E-state index contributed by atoms with van der Waals surface area (Å²) in [6, 6.07) is 44.9. The van der Waals surface area contributed by atoms with E-state index in [9.17, 15) is 10.5 Å². The van der Waals surface area contributed by atoms with Crippen LogP contribution in [-0.4, -0.2) is 0 Å². The first-order valence-electron chi connectivity index (χ1n) is 14.9. The molecule has 1 aliphatic rings. The number of rotatable bonds is 2. The van der Waals surface area contributed by atoms with E-state index in [4.69, 9.17) is 0 Å². The van der Waals surface area contributed by atoms with Crippen LogP contribution >= 0.6 is 15.9 Å². The molecule has 45 heavy (non-hydrogen) atoms. The third-order valence-electron chi connectivity index (χ3n) is 9.27. The molecule has 0 heterocycles. The maximum absolute atomic E-state index is 9.49. The Morgan fingerprint density at radius 1 is 0.511 bits per heavy atom. The van der Waals surface area contributed by atoms with Crippen molar-refractivity contribution in [2.24, 2.45) is 0 Å². The Morgan fingerprint density at radius 3 is 1.62 bits per heavy atom. The van der Waals surface area contributed by atoms with E-state index in [0.717, 1.165) is 26.7 Å². The molecule has 8 rings (SSSR count). The van der Waals surface area contributed by atoms with E-state index in [0.29, 0.717) is 11.1 Å². The number of hydrogen-bond acceptors (Lipinski definition) is 2. The average Bonchev–Trinajstić information content (AvgIpc) is 3.37. The van der Waals surface area contributed by atoms with E-state index in [1.54, 1.807) is 0 Å². The molecule has 0 unspecified atom stereocenters. The van der Waals surface area contributed by atoms with Gasteiger partial charge in [-0.25, -0.2) is 0 Å². The fraction of sp³-hybridized carbons (Fsp3) is 0.0476. The summed E-state index contributed by atoms with van der Waals surface area (Å²) in [7, 11) is 0. The second-order valence-corrected chi connectivity index (χ2v) is 12.9. The molecule has 0 saturated heterocycles. The van der Waals surface area contributed by atoms with Gasteiger partial charge in [0.05, 0.1) is 23.3 Å². The van der Waals surface area contributed by atoms with Gasteiger partial charge in [0.15, 0.2) is 0 Å². The van der Waals surface area contributed by atoms with Crippen molar-refractivity contribution in [1.82, 2.24) is 0 Å². The van der Waals surface area contributed by atoms with E-state index >= 15 is 0 Å². The number of hydrogen-bond donors (Lipinski definition) is 0. The summed E-state index contributed by atoms with van der Waals surface area (Å²) >= 11 is 3.76. The van der Waals surface area contributed by atoms with E-state index in [1.807, 2.05) is 36.4 Å². The molecule has 0 atom stereocenters. The highest BCUT2D eigenvalue weighted by atomic mass is 79.9. The number of fused-ring (bicyclic) bond motifs is 8. The van der Waals surface area contributed by atoms with Crippen LogP contribution in [0, 0.1) is 22.7 Å². The maximum atomic E-state index is 9.49. The molecule has 0 aliphatic heterocycles. The minimum Gasteiger partial charge on any atom is -0.192 e. The van der Waals surface area contributed by atoms with Crippen molar-refractivity contribution in [3.8, 4) is 45.5 Å². The van der Waals surface area contributed by atoms with Crippen LogP contribution in [0.25, 0.3) is 75.8 Å². The summed E-state index contributed by atoms with van der Waals surface area (Å²) < 4.78 is 1.12. The van der Waals surface area contributed by atoms with Gasteiger partial charge in [0.1, 0.15) is 0 Å². The minimum atomic E-state index is 0.648. The zero-order valence-corrected chi connectivity index (χ0v) is 26.3. The van der Waals surface area contributed by atoms with Gasteiger partial charge in [0.2, 0.25) is 0 Å². The summed E-state index contributed by atoms with van der Waals surface area (Å²) in [5, 5.41) is 28.5. The molecule has 0 aromatic heterocycles. The maximum Gasteiger partial charge on any atom is 0.0991 e. The van der Waals surface area contributed by atoms with Crippen LogP contribution in [0.1, 0.15) is 30.5 Å². The van der Waals surface area contributed by atoms with E-state index < -0.39 is 0 Å². The first-order chi connectivity index (χ1) is 22.0. The quantitative estimate of drug-likeness (QED) is 0.177. The SMILES string of the molecule is CC(Br)=c1cccc2c1=C(C)c1cc3c(cc1-2)c(-c1ccc(C#N)cc1)cc1c2ccccc2c(-c2ccc(C#N)cc2)cc31. The second-order valence-electron chi connectivity index (χ2n) is 11.7. The normalized spacial score (nSPS) is 12.6. The topological polar surface area (TPSA) is 47.6 Å². The van der Waals surface area contributed by atoms with Crippen LogP contribution in [0.15, 0.2) is 115 Å². The molecule has 0 radical (unpaired) electrons. The molecule has 0 N–H and O–H groups in total. The van der Waals surface area contributed by atoms with Crippen LogP contribution in [0.4, 0.5) is 0 Å². The Kier molecular flexibility index (Phi) is 6.21. The van der Waals surface area contributed by atoms with Crippen LogP contribution in [0.3, 0.4) is 0 Å². The molecule has 210 valence electrons. The summed E-state index contributed by atoms with van der Waals surface area (Å²) in [6.45, 7) is 4.34. The Balaban J connectivity index is 1.55. The zero-order valence-electron chi connectivity index (χ0n) is 24.7. The third kappa shape index (κ3) is 4.13. The fourth-order valence-electron chi connectivity index (χ4n) is 7.11. The number of nitrogens with zero attached hydrogens (tertiary/aromatic N) is 2. The molecule has 0 amide bonds. The lowest BCUT2D eigenvalue weighted by Gasteiger charge is -2.18. The number of nitriles is 2. The molecular formula is C42H25BrN2. The Hall–Kier alpha value is -5.48. The molecule has 0 bridgehead atoms. The summed E-state index contributed by atoms with van der Waals surface area (Å²) in [5.41, 5.74) is 10.8. The van der Waals surface area contributed by atoms with E-state index in [-0.39, 0.29) is 0 Å². The lowest BCUT2D eigenvalue weighted by molar-refractivity contribution is 1.48. The molecule has 7 aromatic carbocycles. The average molecular weight is 638 g/mol. The summed E-state index contributed by atoms with van der Waals surface area (Å²) in [4.78, 5) is 0. The molecule has 2 nitrogen and oxygen atoms in total. The van der Waals surface area contributed by atoms with Crippen molar-refractivity contribution in [2.75, 3.05) is 0 Å². The fourth-order valence-corrected chi connectivity index (χ4v) is 7.44. The predicted molar refractivity (Wildman–Crippen MR) is 190 cm³/mol. The number of benzene rings is 7. The van der Waals surface area contributed by atoms with E-state index in [2.05, 4.69) is 121 Å². The molecule has 0 spiro atoms. The lowest BCUT2D eigenvalue weighted by atomic mass is 9.85. The van der Waals surface area contributed by atoms with Crippen molar-refractivity contribution in [3.05, 3.63) is 142 Å². The first kappa shape index (κ1) is 27.1. The highest BCUT2D eigenvalue weighted by Crippen LogP contribution is 2.45. The van der Waals surface area contributed by atoms with Crippen molar-refractivity contribution < 1.29 is 0 Å². The van der Waals surface area contributed by atoms with Gasteiger partial charge in [-0.15, -0.1) is 0 Å². The predicted octanol–water partition coefficient (Wildman–Crippen LogP) is 9.95. The Labute approximate surface area is 269 Å². The van der Waals surface area contributed by atoms with Gasteiger partial charge >= 0.3 is 0 Å². The van der Waals surface area contributed by atoms with Gasteiger partial charge in [-0.3, -0.25) is 0 Å². The third-order valence-corrected chi connectivity index (χ3v) is 9.69. The number of halogens is 1. The lowest BCUT2D eigenvalue weighted by Crippen LogP contribution is -2.27. The largest absolute Gasteiger partial charge is 0.192 e. The van der Waals surface area contributed by atoms with Gasteiger partial charge in [0, 0.05) is 0 Å². The summed E-state index contributed by atoms with van der Waals surface area (Å²) in [5.74, 6) is 0.